The van der Waals surface area contributed by atoms with Crippen LogP contribution in [0.2, 0.25) is 0 Å². The molecule has 0 aliphatic carbocycles. The van der Waals surface area contributed by atoms with Crippen LogP contribution in [0.3, 0.4) is 0 Å². The van der Waals surface area contributed by atoms with Crippen molar-refractivity contribution >= 4 is 35.6 Å². The molecule has 24 heavy (non-hydrogen) atoms. The molecule has 1 aromatic heterocycles. The third-order valence-corrected chi connectivity index (χ3v) is 5.22. The minimum Gasteiger partial charge on any atom is -0.480 e. The lowest BCUT2D eigenvalue weighted by molar-refractivity contribution is -0.138. The van der Waals surface area contributed by atoms with Gasteiger partial charge in [-0.15, -0.1) is 23.7 Å². The van der Waals surface area contributed by atoms with Crippen molar-refractivity contribution in [1.82, 2.24) is 10.2 Å². The average molecular weight is 375 g/mol. The number of hydrogen-bond donors (Lipinski definition) is 2. The Morgan fingerprint density at radius 3 is 2.83 bits per heavy atom. The van der Waals surface area contributed by atoms with E-state index >= 15 is 0 Å². The molecular weight excluding hydrogens is 348 g/mol. The fourth-order valence-corrected chi connectivity index (χ4v) is 4.02. The molecule has 1 aliphatic rings. The zero-order chi connectivity index (χ0) is 16.7. The molecule has 0 saturated carbocycles. The quantitative estimate of drug-likeness (QED) is 0.697. The number of carboxylic acid groups (broad SMARTS) is 1. The maximum absolute atomic E-state index is 12.2. The van der Waals surface area contributed by atoms with Crippen LogP contribution >= 0.6 is 23.7 Å². The van der Waals surface area contributed by atoms with Gasteiger partial charge in [0.25, 0.3) is 0 Å². The van der Waals surface area contributed by atoms with Crippen molar-refractivity contribution in [2.45, 2.75) is 45.1 Å². The molecule has 0 radical (unpaired) electrons. The number of hydrogen-bond acceptors (Lipinski definition) is 4. The van der Waals surface area contributed by atoms with Gasteiger partial charge in [0.05, 0.1) is 6.54 Å². The van der Waals surface area contributed by atoms with Crippen LogP contribution in [0.1, 0.15) is 37.5 Å². The van der Waals surface area contributed by atoms with Crippen LogP contribution in [0, 0.1) is 5.92 Å². The summed E-state index contributed by atoms with van der Waals surface area (Å²) in [5.41, 5.74) is 0. The number of thiophene rings is 1. The Hall–Kier alpha value is -1.11. The number of nitrogens with one attached hydrogen (secondary N) is 1. The summed E-state index contributed by atoms with van der Waals surface area (Å²) in [5.74, 6) is -0.353. The van der Waals surface area contributed by atoms with Gasteiger partial charge in [0.15, 0.2) is 0 Å². The molecule has 2 rings (SSSR count). The van der Waals surface area contributed by atoms with E-state index in [0.29, 0.717) is 18.9 Å². The van der Waals surface area contributed by atoms with Crippen molar-refractivity contribution in [3.8, 4) is 0 Å². The summed E-state index contributed by atoms with van der Waals surface area (Å²) in [6.07, 6.45) is 4.41. The number of likely N-dealkylation sites (tertiary alicyclic amines) is 1. The molecule has 1 fully saturated rings. The molecule has 2 N–H and O–H groups in total. The Morgan fingerprint density at radius 2 is 2.21 bits per heavy atom. The van der Waals surface area contributed by atoms with Gasteiger partial charge >= 0.3 is 5.97 Å². The molecule has 7 heteroatoms. The Balaban J connectivity index is 0.00000288. The number of nitrogens with zero attached hydrogens (tertiary/aromatic N) is 1. The van der Waals surface area contributed by atoms with Crippen LogP contribution in [0.4, 0.5) is 0 Å². The summed E-state index contributed by atoms with van der Waals surface area (Å²) in [4.78, 5) is 26.3. The number of halogens is 1. The lowest BCUT2D eigenvalue weighted by atomic mass is 9.98. The third-order valence-electron chi connectivity index (χ3n) is 4.29. The first kappa shape index (κ1) is 20.9. The second-order valence-electron chi connectivity index (χ2n) is 6.24. The predicted octanol–water partition coefficient (Wildman–Crippen LogP) is 2.79. The Morgan fingerprint density at radius 1 is 1.42 bits per heavy atom. The molecule has 2 atom stereocenters. The Labute approximate surface area is 153 Å². The number of carbonyl (C=O) groups excluding carboxylic acids is 1. The zero-order valence-electron chi connectivity index (χ0n) is 14.1. The van der Waals surface area contributed by atoms with Crippen LogP contribution in [-0.2, 0) is 16.0 Å². The smallest absolute Gasteiger partial charge is 0.317 e. The SMILES string of the molecule is CCC[C@H]1CN(CC(=O)O)C[C@@H]1NC(=O)CCCc1cccs1.Cl. The predicted molar refractivity (Wildman–Crippen MR) is 98.9 cm³/mol. The Bertz CT molecular complexity index is 510. The van der Waals surface area contributed by atoms with E-state index in [1.54, 1.807) is 11.3 Å². The summed E-state index contributed by atoms with van der Waals surface area (Å²) in [6, 6.07) is 4.22. The van der Waals surface area contributed by atoms with Gasteiger partial charge in [-0.1, -0.05) is 19.4 Å². The van der Waals surface area contributed by atoms with E-state index in [1.807, 2.05) is 11.0 Å². The number of aliphatic carboxylic acids is 1. The highest BCUT2D eigenvalue weighted by atomic mass is 35.5. The van der Waals surface area contributed by atoms with Gasteiger partial charge in [0.2, 0.25) is 5.91 Å². The highest BCUT2D eigenvalue weighted by molar-refractivity contribution is 7.09. The molecule has 5 nitrogen and oxygen atoms in total. The first-order valence-corrected chi connectivity index (χ1v) is 9.22. The fraction of sp³-hybridized carbons (Fsp3) is 0.647. The second kappa shape index (κ2) is 10.7. The average Bonchev–Trinajstić information content (AvgIpc) is 3.10. The standard InChI is InChI=1S/C17H26N2O3S.ClH/c1-2-5-13-10-19(12-17(21)22)11-15(13)18-16(20)8-3-6-14-7-4-9-23-14;/h4,7,9,13,15H,2-3,5-6,8,10-12H2,1H3,(H,18,20)(H,21,22);1H/t13-,15-;/m0./s1. The van der Waals surface area contributed by atoms with Gasteiger partial charge in [0.1, 0.15) is 0 Å². The van der Waals surface area contributed by atoms with E-state index in [2.05, 4.69) is 23.7 Å². The number of rotatable bonds is 9. The van der Waals surface area contributed by atoms with Crippen LogP contribution < -0.4 is 5.32 Å². The largest absolute Gasteiger partial charge is 0.480 e. The fourth-order valence-electron chi connectivity index (χ4n) is 3.26. The number of amides is 1. The lowest BCUT2D eigenvalue weighted by Crippen LogP contribution is -2.40. The molecule has 1 aromatic rings. The van der Waals surface area contributed by atoms with Gasteiger partial charge < -0.3 is 10.4 Å². The van der Waals surface area contributed by atoms with E-state index in [0.717, 1.165) is 32.2 Å². The van der Waals surface area contributed by atoms with Crippen molar-refractivity contribution in [3.05, 3.63) is 22.4 Å². The van der Waals surface area contributed by atoms with Crippen molar-refractivity contribution in [3.63, 3.8) is 0 Å². The van der Waals surface area contributed by atoms with Gasteiger partial charge in [-0.25, -0.2) is 0 Å². The van der Waals surface area contributed by atoms with Crippen molar-refractivity contribution in [2.75, 3.05) is 19.6 Å². The first-order chi connectivity index (χ1) is 11.1. The normalized spacial score (nSPS) is 20.5. The summed E-state index contributed by atoms with van der Waals surface area (Å²) >= 11 is 1.73. The minimum absolute atomic E-state index is 0. The van der Waals surface area contributed by atoms with Crippen LogP contribution in [0.5, 0.6) is 0 Å². The van der Waals surface area contributed by atoms with E-state index < -0.39 is 5.97 Å². The number of aryl methyl sites for hydroxylation is 1. The van der Waals surface area contributed by atoms with Crippen LogP contribution in [-0.4, -0.2) is 47.6 Å². The van der Waals surface area contributed by atoms with Gasteiger partial charge in [0, 0.05) is 30.4 Å². The van der Waals surface area contributed by atoms with E-state index in [1.165, 1.54) is 4.88 Å². The summed E-state index contributed by atoms with van der Waals surface area (Å²) in [5, 5.41) is 14.1. The molecule has 136 valence electrons. The highest BCUT2D eigenvalue weighted by Gasteiger charge is 2.33. The molecule has 0 aromatic carbocycles. The van der Waals surface area contributed by atoms with Crippen molar-refractivity contribution in [2.24, 2.45) is 5.92 Å². The van der Waals surface area contributed by atoms with Crippen LogP contribution in [0.15, 0.2) is 17.5 Å². The highest BCUT2D eigenvalue weighted by Crippen LogP contribution is 2.22. The van der Waals surface area contributed by atoms with Crippen LogP contribution in [0.25, 0.3) is 0 Å². The molecule has 0 bridgehead atoms. The third kappa shape index (κ3) is 6.79. The molecule has 1 aliphatic heterocycles. The van der Waals surface area contributed by atoms with E-state index in [-0.39, 0.29) is 30.9 Å². The maximum Gasteiger partial charge on any atom is 0.317 e. The maximum atomic E-state index is 12.2. The molecule has 1 saturated heterocycles. The molecule has 2 heterocycles. The second-order valence-corrected chi connectivity index (χ2v) is 7.28. The first-order valence-electron chi connectivity index (χ1n) is 8.34. The van der Waals surface area contributed by atoms with E-state index in [4.69, 9.17) is 5.11 Å². The van der Waals surface area contributed by atoms with E-state index in [9.17, 15) is 9.59 Å². The zero-order valence-corrected chi connectivity index (χ0v) is 15.7. The monoisotopic (exact) mass is 374 g/mol. The van der Waals surface area contributed by atoms with Gasteiger partial charge in [-0.05, 0) is 36.6 Å². The molecule has 0 unspecified atom stereocenters. The molecule has 0 spiro atoms. The number of carbonyl (C=O) groups is 2. The summed E-state index contributed by atoms with van der Waals surface area (Å²) in [7, 11) is 0. The summed E-state index contributed by atoms with van der Waals surface area (Å²) in [6.45, 7) is 3.60. The Kier molecular flexibility index (Phi) is 9.33. The lowest BCUT2D eigenvalue weighted by Gasteiger charge is -2.19. The minimum atomic E-state index is -0.803. The van der Waals surface area contributed by atoms with Gasteiger partial charge in [-0.3, -0.25) is 14.5 Å². The van der Waals surface area contributed by atoms with Gasteiger partial charge in [-0.2, -0.15) is 0 Å². The topological polar surface area (TPSA) is 69.6 Å². The molecular formula is C17H27ClN2O3S. The summed E-state index contributed by atoms with van der Waals surface area (Å²) < 4.78 is 0. The number of carboxylic acids is 1. The molecule has 1 amide bonds. The van der Waals surface area contributed by atoms with Crippen molar-refractivity contribution in [1.29, 1.82) is 0 Å². The van der Waals surface area contributed by atoms with Crippen molar-refractivity contribution < 1.29 is 14.7 Å².